The van der Waals surface area contributed by atoms with Crippen LogP contribution >= 0.6 is 0 Å². The third kappa shape index (κ3) is 4.06. The van der Waals surface area contributed by atoms with Crippen LogP contribution in [0.15, 0.2) is 48.7 Å². The predicted octanol–water partition coefficient (Wildman–Crippen LogP) is 3.64. The van der Waals surface area contributed by atoms with Gasteiger partial charge in [-0.1, -0.05) is 25.1 Å². The van der Waals surface area contributed by atoms with Gasteiger partial charge in [0, 0.05) is 24.9 Å². The summed E-state index contributed by atoms with van der Waals surface area (Å²) >= 11 is 0. The highest BCUT2D eigenvalue weighted by atomic mass is 16.5. The number of benzene rings is 2. The van der Waals surface area contributed by atoms with Gasteiger partial charge in [-0.15, -0.1) is 5.10 Å². The third-order valence-corrected chi connectivity index (χ3v) is 4.52. The molecule has 0 amide bonds. The molecule has 0 atom stereocenters. The number of rotatable bonds is 7. The highest BCUT2D eigenvalue weighted by molar-refractivity contribution is 5.55. The van der Waals surface area contributed by atoms with Crippen LogP contribution in [0.4, 0.5) is 5.69 Å². The Kier molecular flexibility index (Phi) is 5.66. The summed E-state index contributed by atoms with van der Waals surface area (Å²) in [5.41, 5.74) is 5.24. The molecule has 0 radical (unpaired) electrons. The number of nitrogens with two attached hydrogens (primary N) is 1. The van der Waals surface area contributed by atoms with E-state index >= 15 is 0 Å². The fourth-order valence-electron chi connectivity index (χ4n) is 3.09. The van der Waals surface area contributed by atoms with Crippen LogP contribution in [0.25, 0.3) is 5.69 Å². The number of anilines is 1. The highest BCUT2D eigenvalue weighted by Crippen LogP contribution is 2.26. The Balaban J connectivity index is 1.82. The zero-order valence-electron chi connectivity index (χ0n) is 16.3. The summed E-state index contributed by atoms with van der Waals surface area (Å²) in [7, 11) is 3.49. The fourth-order valence-corrected chi connectivity index (χ4v) is 3.09. The molecule has 1 aromatic heterocycles. The van der Waals surface area contributed by atoms with Gasteiger partial charge in [0.05, 0.1) is 12.8 Å². The van der Waals surface area contributed by atoms with Crippen LogP contribution in [-0.4, -0.2) is 23.9 Å². The molecule has 0 aliphatic heterocycles. The first kappa shape index (κ1) is 18.8. The van der Waals surface area contributed by atoms with E-state index in [0.717, 1.165) is 34.7 Å². The van der Waals surface area contributed by atoms with Crippen molar-refractivity contribution >= 4 is 5.69 Å². The van der Waals surface area contributed by atoms with Crippen molar-refractivity contribution in [1.29, 1.82) is 0 Å². The Labute approximate surface area is 160 Å². The smallest absolute Gasteiger partial charge is 0.233 e. The van der Waals surface area contributed by atoms with Gasteiger partial charge in [-0.2, -0.15) is 0 Å². The normalized spacial score (nSPS) is 10.7. The van der Waals surface area contributed by atoms with E-state index in [4.69, 9.17) is 15.3 Å². The van der Waals surface area contributed by atoms with Crippen LogP contribution in [0.3, 0.4) is 0 Å². The van der Waals surface area contributed by atoms with Crippen molar-refractivity contribution in [3.63, 3.8) is 0 Å². The summed E-state index contributed by atoms with van der Waals surface area (Å²) in [4.78, 5) is 0. The van der Waals surface area contributed by atoms with E-state index in [1.807, 2.05) is 56.6 Å². The lowest BCUT2D eigenvalue weighted by atomic mass is 10.0. The monoisotopic (exact) mass is 366 g/mol. The minimum absolute atomic E-state index is 0.406. The molecule has 0 unspecified atom stereocenters. The number of methoxy groups -OCH3 is 1. The van der Waals surface area contributed by atoms with Gasteiger partial charge in [-0.3, -0.25) is 0 Å². The second kappa shape index (κ2) is 8.14. The lowest BCUT2D eigenvalue weighted by Gasteiger charge is -2.19. The van der Waals surface area contributed by atoms with E-state index < -0.39 is 0 Å². The van der Waals surface area contributed by atoms with Gasteiger partial charge in [-0.05, 0) is 42.7 Å². The van der Waals surface area contributed by atoms with Crippen molar-refractivity contribution in [3.05, 3.63) is 65.4 Å². The molecule has 27 heavy (non-hydrogen) atoms. The summed E-state index contributed by atoms with van der Waals surface area (Å²) in [5.74, 6) is 7.30. The molecule has 2 N–H and O–H groups in total. The van der Waals surface area contributed by atoms with Gasteiger partial charge in [0.25, 0.3) is 0 Å². The van der Waals surface area contributed by atoms with Gasteiger partial charge >= 0.3 is 0 Å². The second-order valence-electron chi connectivity index (χ2n) is 6.44. The molecule has 2 aromatic carbocycles. The van der Waals surface area contributed by atoms with E-state index in [9.17, 15) is 0 Å². The van der Waals surface area contributed by atoms with Gasteiger partial charge in [0.1, 0.15) is 18.0 Å². The SMILES string of the molecule is CCc1cccc(N(C)N)c1COc1ccn(-c2ccc(C)cc2OC)n1. The van der Waals surface area contributed by atoms with Crippen molar-refractivity contribution in [2.45, 2.75) is 26.9 Å². The Bertz CT molecular complexity index is 918. The zero-order valence-corrected chi connectivity index (χ0v) is 16.3. The van der Waals surface area contributed by atoms with Crippen molar-refractivity contribution in [1.82, 2.24) is 9.78 Å². The van der Waals surface area contributed by atoms with Crippen LogP contribution in [0.2, 0.25) is 0 Å². The minimum Gasteiger partial charge on any atom is -0.494 e. The Morgan fingerprint density at radius 3 is 2.70 bits per heavy atom. The topological polar surface area (TPSA) is 65.5 Å². The summed E-state index contributed by atoms with van der Waals surface area (Å²) in [5, 5.41) is 6.15. The Morgan fingerprint density at radius 2 is 2.00 bits per heavy atom. The third-order valence-electron chi connectivity index (χ3n) is 4.52. The lowest BCUT2D eigenvalue weighted by Crippen LogP contribution is -2.27. The minimum atomic E-state index is 0.406. The number of hydrazine groups is 1. The molecule has 0 fully saturated rings. The number of hydrogen-bond acceptors (Lipinski definition) is 5. The maximum Gasteiger partial charge on any atom is 0.233 e. The van der Waals surface area contributed by atoms with Crippen molar-refractivity contribution in [3.8, 4) is 17.3 Å². The molecular weight excluding hydrogens is 340 g/mol. The first-order valence-electron chi connectivity index (χ1n) is 8.96. The van der Waals surface area contributed by atoms with E-state index in [1.165, 1.54) is 5.56 Å². The van der Waals surface area contributed by atoms with E-state index in [1.54, 1.807) is 16.8 Å². The maximum absolute atomic E-state index is 5.98. The van der Waals surface area contributed by atoms with Crippen molar-refractivity contribution in [2.75, 3.05) is 19.2 Å². The van der Waals surface area contributed by atoms with E-state index in [-0.39, 0.29) is 0 Å². The van der Waals surface area contributed by atoms with Crippen LogP contribution in [0.1, 0.15) is 23.6 Å². The maximum atomic E-state index is 5.98. The molecular formula is C21H26N4O2. The Morgan fingerprint density at radius 1 is 1.19 bits per heavy atom. The van der Waals surface area contributed by atoms with Crippen LogP contribution in [0, 0.1) is 6.92 Å². The first-order valence-corrected chi connectivity index (χ1v) is 8.96. The number of nitrogens with zero attached hydrogens (tertiary/aromatic N) is 3. The second-order valence-corrected chi connectivity index (χ2v) is 6.44. The summed E-state index contributed by atoms with van der Waals surface area (Å²) in [6.07, 6.45) is 2.78. The van der Waals surface area contributed by atoms with E-state index in [2.05, 4.69) is 18.1 Å². The molecule has 0 saturated carbocycles. The van der Waals surface area contributed by atoms with E-state index in [0.29, 0.717) is 12.5 Å². The molecule has 6 nitrogen and oxygen atoms in total. The molecule has 3 rings (SSSR count). The van der Waals surface area contributed by atoms with Gasteiger partial charge < -0.3 is 14.5 Å². The number of ether oxygens (including phenoxy) is 2. The van der Waals surface area contributed by atoms with Gasteiger partial charge in [0.15, 0.2) is 0 Å². The molecule has 3 aromatic rings. The lowest BCUT2D eigenvalue weighted by molar-refractivity contribution is 0.291. The number of aryl methyl sites for hydroxylation is 2. The molecule has 0 aliphatic carbocycles. The summed E-state index contributed by atoms with van der Waals surface area (Å²) in [6.45, 7) is 4.56. The summed E-state index contributed by atoms with van der Waals surface area (Å²) < 4.78 is 13.2. The van der Waals surface area contributed by atoms with Gasteiger partial charge in [0.2, 0.25) is 5.88 Å². The summed E-state index contributed by atoms with van der Waals surface area (Å²) in [6, 6.07) is 14.0. The van der Waals surface area contributed by atoms with Crippen LogP contribution in [0.5, 0.6) is 11.6 Å². The first-order chi connectivity index (χ1) is 13.0. The molecule has 0 bridgehead atoms. The zero-order chi connectivity index (χ0) is 19.4. The molecule has 0 saturated heterocycles. The van der Waals surface area contributed by atoms with Crippen molar-refractivity contribution in [2.24, 2.45) is 5.84 Å². The molecule has 142 valence electrons. The fraction of sp³-hybridized carbons (Fsp3) is 0.286. The largest absolute Gasteiger partial charge is 0.494 e. The van der Waals surface area contributed by atoms with Crippen molar-refractivity contribution < 1.29 is 9.47 Å². The predicted molar refractivity (Wildman–Crippen MR) is 108 cm³/mol. The van der Waals surface area contributed by atoms with Crippen LogP contribution < -0.4 is 20.3 Å². The average molecular weight is 366 g/mol. The number of aromatic nitrogens is 2. The number of hydrogen-bond donors (Lipinski definition) is 1. The quantitative estimate of drug-likeness (QED) is 0.511. The Hall–Kier alpha value is -2.99. The van der Waals surface area contributed by atoms with Crippen LogP contribution in [-0.2, 0) is 13.0 Å². The average Bonchev–Trinajstić information content (AvgIpc) is 3.14. The van der Waals surface area contributed by atoms with Gasteiger partial charge in [-0.25, -0.2) is 10.5 Å². The molecule has 6 heteroatoms. The molecule has 1 heterocycles. The standard InChI is InChI=1S/C21H26N4O2/c1-5-16-7-6-8-18(24(3)22)17(16)14-27-21-11-12-25(23-21)19-10-9-15(2)13-20(19)26-4/h6-13H,5,14,22H2,1-4H3. The highest BCUT2D eigenvalue weighted by Gasteiger charge is 2.12. The molecule has 0 spiro atoms. The molecule has 0 aliphatic rings.